The fourth-order valence-electron chi connectivity index (χ4n) is 2.51. The third-order valence-corrected chi connectivity index (χ3v) is 3.77. The number of rotatable bonds is 2. The second-order valence-electron chi connectivity index (χ2n) is 5.41. The van der Waals surface area contributed by atoms with Crippen molar-refractivity contribution in [2.24, 2.45) is 5.92 Å². The van der Waals surface area contributed by atoms with Gasteiger partial charge in [-0.1, -0.05) is 19.9 Å². The summed E-state index contributed by atoms with van der Waals surface area (Å²) in [7, 11) is 0. The molecule has 2 heteroatoms. The number of hydrogen-bond acceptors (Lipinski definition) is 2. The number of pyridine rings is 1. The van der Waals surface area contributed by atoms with Crippen molar-refractivity contribution in [2.45, 2.75) is 45.1 Å². The molecule has 0 radical (unpaired) electrons. The molecule has 86 valence electrons. The molecular weight excluding hydrogens is 198 g/mol. The quantitative estimate of drug-likeness (QED) is 0.758. The maximum Gasteiger partial charge on any atom is 0.0891 e. The predicted molar refractivity (Wildman–Crippen MR) is 63.4 cm³/mol. The van der Waals surface area contributed by atoms with Crippen LogP contribution in [0.15, 0.2) is 12.1 Å². The fourth-order valence-corrected chi connectivity index (χ4v) is 2.51. The minimum atomic E-state index is 0.532. The Morgan fingerprint density at radius 1 is 1.31 bits per heavy atom. The third-order valence-electron chi connectivity index (χ3n) is 3.77. The van der Waals surface area contributed by atoms with E-state index in [2.05, 4.69) is 26.0 Å². The van der Waals surface area contributed by atoms with Crippen LogP contribution in [0.3, 0.4) is 0 Å². The summed E-state index contributed by atoms with van der Waals surface area (Å²) in [5, 5.41) is 0. The molecular formula is C14H19NO. The number of hydrogen-bond donors (Lipinski definition) is 0. The Morgan fingerprint density at radius 3 is 2.81 bits per heavy atom. The second kappa shape index (κ2) is 3.85. The van der Waals surface area contributed by atoms with E-state index >= 15 is 0 Å². The maximum atomic E-state index is 5.66. The molecule has 1 aromatic rings. The molecule has 0 amide bonds. The zero-order valence-corrected chi connectivity index (χ0v) is 10.1. The van der Waals surface area contributed by atoms with Gasteiger partial charge in [0.1, 0.15) is 0 Å². The molecule has 1 aliphatic heterocycles. The van der Waals surface area contributed by atoms with Crippen molar-refractivity contribution in [1.29, 1.82) is 0 Å². The highest BCUT2D eigenvalue weighted by atomic mass is 16.5. The lowest BCUT2D eigenvalue weighted by molar-refractivity contribution is 0.0760. The van der Waals surface area contributed by atoms with E-state index in [1.165, 1.54) is 29.8 Å². The van der Waals surface area contributed by atoms with Crippen LogP contribution in [0, 0.1) is 5.92 Å². The van der Waals surface area contributed by atoms with Crippen molar-refractivity contribution in [3.63, 3.8) is 0 Å². The molecule has 3 rings (SSSR count). The van der Waals surface area contributed by atoms with E-state index in [1.807, 2.05) is 0 Å². The van der Waals surface area contributed by atoms with Crippen molar-refractivity contribution < 1.29 is 4.74 Å². The minimum Gasteiger partial charge on any atom is -0.375 e. The highest BCUT2D eigenvalue weighted by Gasteiger charge is 2.29. The SMILES string of the molecule is CC(C)[C@@H]1COCc2nc(C3CC3)ccc21. The van der Waals surface area contributed by atoms with Crippen LogP contribution in [-0.4, -0.2) is 11.6 Å². The monoisotopic (exact) mass is 217 g/mol. The number of aromatic nitrogens is 1. The van der Waals surface area contributed by atoms with Gasteiger partial charge < -0.3 is 4.74 Å². The summed E-state index contributed by atoms with van der Waals surface area (Å²) in [5.41, 5.74) is 3.90. The average Bonchev–Trinajstić information content (AvgIpc) is 3.11. The Kier molecular flexibility index (Phi) is 2.47. The summed E-state index contributed by atoms with van der Waals surface area (Å²) >= 11 is 0. The number of ether oxygens (including phenoxy) is 1. The molecule has 0 bridgehead atoms. The fraction of sp³-hybridized carbons (Fsp3) is 0.643. The summed E-state index contributed by atoms with van der Waals surface area (Å²) < 4.78 is 5.66. The van der Waals surface area contributed by atoms with E-state index in [1.54, 1.807) is 0 Å². The van der Waals surface area contributed by atoms with E-state index in [9.17, 15) is 0 Å². The average molecular weight is 217 g/mol. The zero-order chi connectivity index (χ0) is 11.1. The van der Waals surface area contributed by atoms with Gasteiger partial charge in [0.25, 0.3) is 0 Å². The normalized spacial score (nSPS) is 24.6. The van der Waals surface area contributed by atoms with Crippen LogP contribution in [0.25, 0.3) is 0 Å². The first-order chi connectivity index (χ1) is 7.75. The molecule has 2 nitrogen and oxygen atoms in total. The van der Waals surface area contributed by atoms with Crippen molar-refractivity contribution in [3.8, 4) is 0 Å². The molecule has 1 fully saturated rings. The predicted octanol–water partition coefficient (Wildman–Crippen LogP) is 3.23. The molecule has 0 unspecified atom stereocenters. The third kappa shape index (κ3) is 1.75. The molecule has 1 aromatic heterocycles. The van der Waals surface area contributed by atoms with E-state index < -0.39 is 0 Å². The maximum absolute atomic E-state index is 5.66. The highest BCUT2D eigenvalue weighted by molar-refractivity contribution is 5.30. The van der Waals surface area contributed by atoms with Gasteiger partial charge in [0.15, 0.2) is 0 Å². The van der Waals surface area contributed by atoms with Crippen LogP contribution in [-0.2, 0) is 11.3 Å². The first-order valence-corrected chi connectivity index (χ1v) is 6.33. The van der Waals surface area contributed by atoms with Gasteiger partial charge in [-0.25, -0.2) is 0 Å². The largest absolute Gasteiger partial charge is 0.375 e. The van der Waals surface area contributed by atoms with Crippen LogP contribution in [0.2, 0.25) is 0 Å². The van der Waals surface area contributed by atoms with Gasteiger partial charge in [0.05, 0.1) is 18.9 Å². The summed E-state index contributed by atoms with van der Waals surface area (Å²) in [5.74, 6) is 1.90. The topological polar surface area (TPSA) is 22.1 Å². The van der Waals surface area contributed by atoms with Gasteiger partial charge in [-0.05, 0) is 30.4 Å². The van der Waals surface area contributed by atoms with E-state index in [0.717, 1.165) is 12.5 Å². The highest BCUT2D eigenvalue weighted by Crippen LogP contribution is 2.40. The molecule has 1 atom stereocenters. The van der Waals surface area contributed by atoms with Crippen LogP contribution in [0.5, 0.6) is 0 Å². The van der Waals surface area contributed by atoms with E-state index in [0.29, 0.717) is 18.4 Å². The summed E-state index contributed by atoms with van der Waals surface area (Å²) in [6.45, 7) is 6.09. The molecule has 0 spiro atoms. The molecule has 16 heavy (non-hydrogen) atoms. The van der Waals surface area contributed by atoms with Crippen LogP contribution in [0.4, 0.5) is 0 Å². The Bertz CT molecular complexity index is 396. The van der Waals surface area contributed by atoms with E-state index in [4.69, 9.17) is 9.72 Å². The second-order valence-corrected chi connectivity index (χ2v) is 5.41. The smallest absolute Gasteiger partial charge is 0.0891 e. The lowest BCUT2D eigenvalue weighted by Gasteiger charge is -2.28. The summed E-state index contributed by atoms with van der Waals surface area (Å²) in [4.78, 5) is 4.78. The number of nitrogens with zero attached hydrogens (tertiary/aromatic N) is 1. The Balaban J connectivity index is 1.95. The van der Waals surface area contributed by atoms with Gasteiger partial charge in [-0.15, -0.1) is 0 Å². The minimum absolute atomic E-state index is 0.532. The molecule has 1 saturated carbocycles. The lowest BCUT2D eigenvalue weighted by atomic mass is 9.86. The van der Waals surface area contributed by atoms with Gasteiger partial charge >= 0.3 is 0 Å². The van der Waals surface area contributed by atoms with Crippen molar-refractivity contribution in [1.82, 2.24) is 4.98 Å². The molecule has 1 aliphatic carbocycles. The standard InChI is InChI=1S/C14H19NO/c1-9(2)12-7-16-8-14-11(12)5-6-13(15-14)10-3-4-10/h5-6,9-10,12H,3-4,7-8H2,1-2H3/t12-/m0/s1. The van der Waals surface area contributed by atoms with E-state index in [-0.39, 0.29) is 0 Å². The summed E-state index contributed by atoms with van der Waals surface area (Å²) in [6.07, 6.45) is 2.64. The van der Waals surface area contributed by atoms with Gasteiger partial charge in [-0.3, -0.25) is 4.98 Å². The Hall–Kier alpha value is -0.890. The summed E-state index contributed by atoms with van der Waals surface area (Å²) in [6, 6.07) is 4.53. The van der Waals surface area contributed by atoms with Gasteiger partial charge in [0, 0.05) is 17.5 Å². The van der Waals surface area contributed by atoms with Crippen LogP contribution >= 0.6 is 0 Å². The molecule has 2 heterocycles. The van der Waals surface area contributed by atoms with Crippen molar-refractivity contribution >= 4 is 0 Å². The molecule has 2 aliphatic rings. The Labute approximate surface area is 97.0 Å². The first-order valence-electron chi connectivity index (χ1n) is 6.33. The lowest BCUT2D eigenvalue weighted by Crippen LogP contribution is -2.22. The van der Waals surface area contributed by atoms with Crippen LogP contribution < -0.4 is 0 Å². The first kappa shape index (κ1) is 10.3. The molecule has 0 saturated heterocycles. The van der Waals surface area contributed by atoms with Gasteiger partial charge in [0.2, 0.25) is 0 Å². The van der Waals surface area contributed by atoms with Crippen LogP contribution in [0.1, 0.15) is 55.5 Å². The van der Waals surface area contributed by atoms with Crippen molar-refractivity contribution in [3.05, 3.63) is 29.1 Å². The number of fused-ring (bicyclic) bond motifs is 1. The zero-order valence-electron chi connectivity index (χ0n) is 10.1. The Morgan fingerprint density at radius 2 is 2.12 bits per heavy atom. The van der Waals surface area contributed by atoms with Crippen molar-refractivity contribution in [2.75, 3.05) is 6.61 Å². The van der Waals surface area contributed by atoms with Gasteiger partial charge in [-0.2, -0.15) is 0 Å². The molecule has 0 aromatic carbocycles. The molecule has 0 N–H and O–H groups in total.